The summed E-state index contributed by atoms with van der Waals surface area (Å²) in [5.41, 5.74) is 0. The van der Waals surface area contributed by atoms with E-state index in [4.69, 9.17) is 0 Å². The van der Waals surface area contributed by atoms with Gasteiger partial charge in [0.15, 0.2) is 5.96 Å². The highest BCUT2D eigenvalue weighted by Crippen LogP contribution is 2.17. The van der Waals surface area contributed by atoms with E-state index in [1.54, 1.807) is 11.3 Å². The lowest BCUT2D eigenvalue weighted by Crippen LogP contribution is -2.44. The molecule has 0 bridgehead atoms. The van der Waals surface area contributed by atoms with Crippen LogP contribution in [-0.2, 0) is 6.54 Å². The van der Waals surface area contributed by atoms with Crippen LogP contribution in [0.1, 0.15) is 48.9 Å². The lowest BCUT2D eigenvalue weighted by atomic mass is 9.96. The molecule has 4 nitrogen and oxygen atoms in total. The number of aryl methyl sites for hydroxylation is 1. The Morgan fingerprint density at radius 1 is 1.40 bits per heavy atom. The monoisotopic (exact) mass is 408 g/mol. The Balaban J connectivity index is 0.00000200. The third-order valence-corrected chi connectivity index (χ3v) is 4.23. The van der Waals surface area contributed by atoms with E-state index in [1.807, 2.05) is 6.20 Å². The molecule has 0 spiro atoms. The molecule has 1 aliphatic carbocycles. The molecular weight excluding hydrogens is 383 g/mol. The topological polar surface area (TPSA) is 49.3 Å². The number of nitrogens with zero attached hydrogens (tertiary/aromatic N) is 2. The number of aromatic nitrogens is 1. The van der Waals surface area contributed by atoms with Gasteiger partial charge in [0.05, 0.1) is 6.54 Å². The Morgan fingerprint density at radius 3 is 2.75 bits per heavy atom. The van der Waals surface area contributed by atoms with E-state index in [9.17, 15) is 0 Å². The van der Waals surface area contributed by atoms with Crippen molar-refractivity contribution in [1.29, 1.82) is 0 Å². The maximum absolute atomic E-state index is 4.63. The molecular formula is C14H25IN4S. The average molecular weight is 408 g/mol. The molecule has 0 amide bonds. The van der Waals surface area contributed by atoms with E-state index in [1.165, 1.54) is 37.0 Å². The van der Waals surface area contributed by atoms with E-state index in [-0.39, 0.29) is 24.0 Å². The number of aliphatic imine (C=N–C) groups is 1. The molecule has 1 aliphatic rings. The quantitative estimate of drug-likeness (QED) is 0.456. The number of rotatable bonds is 4. The zero-order valence-corrected chi connectivity index (χ0v) is 15.5. The molecule has 1 aromatic heterocycles. The van der Waals surface area contributed by atoms with Gasteiger partial charge in [0.25, 0.3) is 0 Å². The molecule has 114 valence electrons. The van der Waals surface area contributed by atoms with Crippen molar-refractivity contribution in [3.05, 3.63) is 16.1 Å². The minimum absolute atomic E-state index is 0. The summed E-state index contributed by atoms with van der Waals surface area (Å²) in [6.07, 6.45) is 8.49. The van der Waals surface area contributed by atoms with Gasteiger partial charge in [-0.1, -0.05) is 19.3 Å². The molecule has 0 saturated heterocycles. The summed E-state index contributed by atoms with van der Waals surface area (Å²) in [7, 11) is 0. The molecule has 0 atom stereocenters. The molecule has 1 aromatic rings. The van der Waals surface area contributed by atoms with Crippen molar-refractivity contribution in [2.24, 2.45) is 4.99 Å². The van der Waals surface area contributed by atoms with Gasteiger partial charge in [-0.25, -0.2) is 9.98 Å². The standard InChI is InChI=1S/C14H24N4S.HI/c1-3-15-14(18-12-7-5-4-6-8-12)17-10-13-16-9-11(2)19-13;/h9,12H,3-8,10H2,1-2H3,(H2,15,17,18);1H. The van der Waals surface area contributed by atoms with Gasteiger partial charge in [0.2, 0.25) is 0 Å². The van der Waals surface area contributed by atoms with Gasteiger partial charge in [-0.2, -0.15) is 0 Å². The van der Waals surface area contributed by atoms with Crippen molar-refractivity contribution >= 4 is 41.3 Å². The van der Waals surface area contributed by atoms with Crippen LogP contribution >= 0.6 is 35.3 Å². The Bertz CT molecular complexity index is 413. The third-order valence-electron chi connectivity index (χ3n) is 3.33. The fourth-order valence-electron chi connectivity index (χ4n) is 2.38. The molecule has 1 heterocycles. The molecule has 0 aliphatic heterocycles. The van der Waals surface area contributed by atoms with Crippen LogP contribution < -0.4 is 10.6 Å². The van der Waals surface area contributed by atoms with Gasteiger partial charge in [0.1, 0.15) is 5.01 Å². The molecule has 2 rings (SSSR count). The van der Waals surface area contributed by atoms with Crippen LogP contribution in [0.3, 0.4) is 0 Å². The minimum Gasteiger partial charge on any atom is -0.357 e. The van der Waals surface area contributed by atoms with Crippen LogP contribution in [0.4, 0.5) is 0 Å². The first kappa shape index (κ1) is 17.7. The molecule has 0 aromatic carbocycles. The molecule has 0 unspecified atom stereocenters. The second kappa shape index (κ2) is 9.55. The average Bonchev–Trinajstić information content (AvgIpc) is 2.83. The number of nitrogens with one attached hydrogen (secondary N) is 2. The molecule has 6 heteroatoms. The highest BCUT2D eigenvalue weighted by molar-refractivity contribution is 14.0. The lowest BCUT2D eigenvalue weighted by Gasteiger charge is -2.24. The first-order chi connectivity index (χ1) is 9.28. The molecule has 1 saturated carbocycles. The zero-order chi connectivity index (χ0) is 13.5. The van der Waals surface area contributed by atoms with E-state index >= 15 is 0 Å². The second-order valence-electron chi connectivity index (χ2n) is 5.04. The molecule has 1 fully saturated rings. The van der Waals surface area contributed by atoms with Crippen LogP contribution in [0.2, 0.25) is 0 Å². The smallest absolute Gasteiger partial charge is 0.191 e. The summed E-state index contributed by atoms with van der Waals surface area (Å²) in [6, 6.07) is 0.588. The lowest BCUT2D eigenvalue weighted by molar-refractivity contribution is 0.410. The fraction of sp³-hybridized carbons (Fsp3) is 0.714. The summed E-state index contributed by atoms with van der Waals surface area (Å²) >= 11 is 1.72. The van der Waals surface area contributed by atoms with Crippen molar-refractivity contribution < 1.29 is 0 Å². The molecule has 2 N–H and O–H groups in total. The van der Waals surface area contributed by atoms with Gasteiger partial charge >= 0.3 is 0 Å². The SMILES string of the molecule is CCNC(=NCc1ncc(C)s1)NC1CCCCC1.I. The number of halogens is 1. The summed E-state index contributed by atoms with van der Waals surface area (Å²) in [5, 5.41) is 7.95. The second-order valence-corrected chi connectivity index (χ2v) is 6.36. The van der Waals surface area contributed by atoms with Crippen LogP contribution in [-0.4, -0.2) is 23.5 Å². The number of thiazole rings is 1. The number of guanidine groups is 1. The molecule has 0 radical (unpaired) electrons. The highest BCUT2D eigenvalue weighted by atomic mass is 127. The van der Waals surface area contributed by atoms with Crippen molar-refractivity contribution in [3.63, 3.8) is 0 Å². The molecule has 20 heavy (non-hydrogen) atoms. The first-order valence-corrected chi connectivity index (χ1v) is 8.05. The van der Waals surface area contributed by atoms with Gasteiger partial charge < -0.3 is 10.6 Å². The van der Waals surface area contributed by atoms with Crippen LogP contribution in [0.15, 0.2) is 11.2 Å². The van der Waals surface area contributed by atoms with Gasteiger partial charge in [-0.15, -0.1) is 35.3 Å². The van der Waals surface area contributed by atoms with Gasteiger partial charge in [0, 0.05) is 23.7 Å². The van der Waals surface area contributed by atoms with E-state index in [2.05, 4.69) is 34.5 Å². The van der Waals surface area contributed by atoms with Crippen LogP contribution in [0, 0.1) is 6.92 Å². The Morgan fingerprint density at radius 2 is 2.15 bits per heavy atom. The predicted molar refractivity (Wildman–Crippen MR) is 97.1 cm³/mol. The Labute approximate surface area is 142 Å². The Hall–Kier alpha value is -0.370. The number of hydrogen-bond acceptors (Lipinski definition) is 3. The summed E-state index contributed by atoms with van der Waals surface area (Å²) < 4.78 is 0. The predicted octanol–water partition coefficient (Wildman–Crippen LogP) is 3.46. The fourth-order valence-corrected chi connectivity index (χ4v) is 3.09. The largest absolute Gasteiger partial charge is 0.357 e. The number of hydrogen-bond donors (Lipinski definition) is 2. The van der Waals surface area contributed by atoms with Crippen molar-refractivity contribution in [2.45, 2.75) is 58.5 Å². The van der Waals surface area contributed by atoms with Crippen LogP contribution in [0.25, 0.3) is 0 Å². The summed E-state index contributed by atoms with van der Waals surface area (Å²) in [5.74, 6) is 0.933. The first-order valence-electron chi connectivity index (χ1n) is 7.24. The van der Waals surface area contributed by atoms with E-state index < -0.39 is 0 Å². The zero-order valence-electron chi connectivity index (χ0n) is 12.3. The third kappa shape index (κ3) is 5.95. The van der Waals surface area contributed by atoms with Gasteiger partial charge in [-0.05, 0) is 26.7 Å². The maximum Gasteiger partial charge on any atom is 0.191 e. The van der Waals surface area contributed by atoms with E-state index in [0.29, 0.717) is 12.6 Å². The van der Waals surface area contributed by atoms with E-state index in [0.717, 1.165) is 17.5 Å². The van der Waals surface area contributed by atoms with Crippen molar-refractivity contribution in [1.82, 2.24) is 15.6 Å². The highest BCUT2D eigenvalue weighted by Gasteiger charge is 2.14. The summed E-state index contributed by atoms with van der Waals surface area (Å²) in [6.45, 7) is 5.75. The minimum atomic E-state index is 0. The van der Waals surface area contributed by atoms with Crippen molar-refractivity contribution in [3.8, 4) is 0 Å². The normalized spacial score (nSPS) is 16.6. The maximum atomic E-state index is 4.63. The Kier molecular flexibility index (Phi) is 8.44. The van der Waals surface area contributed by atoms with Gasteiger partial charge in [-0.3, -0.25) is 0 Å². The van der Waals surface area contributed by atoms with Crippen LogP contribution in [0.5, 0.6) is 0 Å². The summed E-state index contributed by atoms with van der Waals surface area (Å²) in [4.78, 5) is 10.2. The van der Waals surface area contributed by atoms with Crippen molar-refractivity contribution in [2.75, 3.05) is 6.54 Å².